The van der Waals surface area contributed by atoms with E-state index in [9.17, 15) is 38.7 Å². The SMILES string of the molecule is C[C@@H](c1cc(C#N)c2c(c1CC(=O)C[S@@](=N)(=O)c1cc(C(C)(C)O)co1)CCC2)C1CC1.C[C@@H](c1cc(C#N)c2c(c1CC(=O)C[S@](=N)(=O)c1cc(C(C)(C)O)co1)CCC2)C1CC1. The number of carbonyl (C=O) groups is 2. The highest BCUT2D eigenvalue weighted by molar-refractivity contribution is 7.93. The third-order valence-electron chi connectivity index (χ3n) is 13.7. The maximum absolute atomic E-state index is 13.1. The van der Waals surface area contributed by atoms with Crippen LogP contribution in [0.15, 0.2) is 55.8 Å². The van der Waals surface area contributed by atoms with E-state index < -0.39 is 42.2 Å². The molecule has 4 aliphatic carbocycles. The average Bonchev–Trinajstić information content (AvgIpc) is 3.90. The molecular formula is C50H60N4O8S2. The Bertz CT molecular complexity index is 2610. The number of furan rings is 2. The Morgan fingerprint density at radius 2 is 1.02 bits per heavy atom. The van der Waals surface area contributed by atoms with Gasteiger partial charge in [-0.25, -0.2) is 18.0 Å². The predicted molar refractivity (Wildman–Crippen MR) is 242 cm³/mol. The van der Waals surface area contributed by atoms with E-state index in [1.54, 1.807) is 27.7 Å². The fraction of sp³-hybridized carbons (Fsp3) is 0.520. The fourth-order valence-corrected chi connectivity index (χ4v) is 12.0. The van der Waals surface area contributed by atoms with E-state index in [1.807, 2.05) is 12.1 Å². The van der Waals surface area contributed by atoms with E-state index >= 15 is 0 Å². The molecule has 4 aromatic rings. The van der Waals surface area contributed by atoms with Crippen molar-refractivity contribution in [2.75, 3.05) is 11.5 Å². The Labute approximate surface area is 377 Å². The Hall–Kier alpha value is -4.86. The molecule has 12 nitrogen and oxygen atoms in total. The molecule has 14 heteroatoms. The minimum absolute atomic E-state index is 0.0837. The Kier molecular flexibility index (Phi) is 13.1. The van der Waals surface area contributed by atoms with Gasteiger partial charge in [0.15, 0.2) is 21.8 Å². The molecule has 340 valence electrons. The van der Waals surface area contributed by atoms with Crippen molar-refractivity contribution in [2.45, 2.75) is 152 Å². The van der Waals surface area contributed by atoms with Crippen molar-refractivity contribution in [3.63, 3.8) is 0 Å². The van der Waals surface area contributed by atoms with E-state index in [1.165, 1.54) is 24.7 Å². The zero-order chi connectivity index (χ0) is 46.5. The summed E-state index contributed by atoms with van der Waals surface area (Å²) in [5.74, 6) is 0.308. The zero-order valence-electron chi connectivity index (χ0n) is 37.7. The van der Waals surface area contributed by atoms with Gasteiger partial charge in [0.1, 0.15) is 19.5 Å². The van der Waals surface area contributed by atoms with Crippen LogP contribution in [0.5, 0.6) is 0 Å². The topological polar surface area (TPSA) is 230 Å². The van der Waals surface area contributed by atoms with Crippen LogP contribution in [0.1, 0.15) is 159 Å². The van der Waals surface area contributed by atoms with Crippen LogP contribution in [0.25, 0.3) is 0 Å². The lowest BCUT2D eigenvalue weighted by molar-refractivity contribution is -0.116. The minimum Gasteiger partial charge on any atom is -0.454 e. The van der Waals surface area contributed by atoms with Gasteiger partial charge in [-0.2, -0.15) is 10.5 Å². The molecule has 4 N–H and O–H groups in total. The van der Waals surface area contributed by atoms with Gasteiger partial charge in [-0.05, 0) is 172 Å². The summed E-state index contributed by atoms with van der Waals surface area (Å²) < 4.78 is 53.3. The van der Waals surface area contributed by atoms with E-state index in [0.29, 0.717) is 23.0 Å². The van der Waals surface area contributed by atoms with Crippen LogP contribution in [0.2, 0.25) is 0 Å². The van der Waals surface area contributed by atoms with Gasteiger partial charge in [-0.1, -0.05) is 13.8 Å². The number of hydrogen-bond donors (Lipinski definition) is 4. The maximum Gasteiger partial charge on any atom is 0.199 e. The molecule has 4 atom stereocenters. The number of benzene rings is 2. The Morgan fingerprint density at radius 3 is 1.31 bits per heavy atom. The lowest BCUT2D eigenvalue weighted by Gasteiger charge is -2.21. The normalized spacial score (nSPS) is 18.6. The summed E-state index contributed by atoms with van der Waals surface area (Å²) in [7, 11) is -6.93. The first-order valence-electron chi connectivity index (χ1n) is 22.4. The summed E-state index contributed by atoms with van der Waals surface area (Å²) in [6.45, 7) is 10.6. The summed E-state index contributed by atoms with van der Waals surface area (Å²) in [6, 6.07) is 11.4. The molecule has 8 rings (SSSR count). The first-order valence-corrected chi connectivity index (χ1v) is 25.8. The number of Topliss-reactive ketones (excluding diaryl/α,β-unsaturated/α-hetero) is 2. The van der Waals surface area contributed by atoms with Crippen molar-refractivity contribution in [2.24, 2.45) is 11.8 Å². The van der Waals surface area contributed by atoms with Gasteiger partial charge >= 0.3 is 0 Å². The number of nitrogens with one attached hydrogen (secondary N) is 2. The number of nitrogens with zero attached hydrogens (tertiary/aromatic N) is 2. The molecule has 0 unspecified atom stereocenters. The highest BCUT2D eigenvalue weighted by Crippen LogP contribution is 2.47. The Balaban J connectivity index is 0.000000191. The van der Waals surface area contributed by atoms with Crippen molar-refractivity contribution >= 4 is 31.0 Å². The number of rotatable bonds is 16. The summed E-state index contributed by atoms with van der Waals surface area (Å²) in [5.41, 5.74) is 8.33. The number of ketones is 2. The van der Waals surface area contributed by atoms with E-state index in [-0.39, 0.29) is 46.4 Å². The van der Waals surface area contributed by atoms with E-state index in [4.69, 9.17) is 18.4 Å². The number of nitriles is 2. The van der Waals surface area contributed by atoms with Crippen LogP contribution in [-0.2, 0) is 78.8 Å². The van der Waals surface area contributed by atoms with Gasteiger partial charge in [0.05, 0.1) is 58.5 Å². The first kappa shape index (κ1) is 47.1. The van der Waals surface area contributed by atoms with E-state index in [0.717, 1.165) is 120 Å². The van der Waals surface area contributed by atoms with Crippen molar-refractivity contribution in [3.8, 4) is 12.1 Å². The number of fused-ring (bicyclic) bond motifs is 2. The average molecular weight is 909 g/mol. The van der Waals surface area contributed by atoms with Gasteiger partial charge in [-0.3, -0.25) is 9.59 Å². The van der Waals surface area contributed by atoms with Crippen molar-refractivity contribution in [1.29, 1.82) is 20.1 Å². The third-order valence-corrected chi connectivity index (χ3v) is 16.9. The molecule has 4 aliphatic rings. The van der Waals surface area contributed by atoms with Crippen molar-refractivity contribution in [3.05, 3.63) is 104 Å². The minimum atomic E-state index is -3.46. The second kappa shape index (κ2) is 17.8. The van der Waals surface area contributed by atoms with Crippen LogP contribution in [0, 0.1) is 44.1 Å². The molecule has 0 aliphatic heterocycles. The lowest BCUT2D eigenvalue weighted by atomic mass is 9.84. The van der Waals surface area contributed by atoms with Gasteiger partial charge in [0, 0.05) is 36.1 Å². The van der Waals surface area contributed by atoms with Crippen LogP contribution < -0.4 is 0 Å². The summed E-state index contributed by atoms with van der Waals surface area (Å²) in [6.07, 6.45) is 12.8. The highest BCUT2D eigenvalue weighted by Gasteiger charge is 2.36. The summed E-state index contributed by atoms with van der Waals surface area (Å²) >= 11 is 0. The van der Waals surface area contributed by atoms with Crippen LogP contribution in [0.3, 0.4) is 0 Å². The monoisotopic (exact) mass is 908 g/mol. The number of aliphatic hydroxyl groups is 2. The summed E-state index contributed by atoms with van der Waals surface area (Å²) in [4.78, 5) is 26.1. The molecule has 0 amide bonds. The van der Waals surface area contributed by atoms with Gasteiger partial charge in [0.25, 0.3) is 0 Å². The molecule has 64 heavy (non-hydrogen) atoms. The molecule has 2 saturated carbocycles. The number of carbonyl (C=O) groups excluding carboxylic acids is 2. The van der Waals surface area contributed by atoms with Crippen LogP contribution >= 0.6 is 0 Å². The maximum atomic E-state index is 13.1. The Morgan fingerprint density at radius 1 is 0.672 bits per heavy atom. The molecule has 2 fully saturated rings. The van der Waals surface area contributed by atoms with Crippen molar-refractivity contribution in [1.82, 2.24) is 0 Å². The van der Waals surface area contributed by atoms with Gasteiger partial charge in [-0.15, -0.1) is 0 Å². The molecule has 2 aromatic heterocycles. The molecule has 0 bridgehead atoms. The molecule has 0 radical (unpaired) electrons. The standard InChI is InChI=1S/2C25H30N2O4S/c2*1-15(16-7-8-16)22-9-17(12-26)20-5-4-6-21(20)23(22)11-19(28)14-32(27,30)24-10-18(13-31-24)25(2,3)29/h2*9-10,13,15-16,27,29H,4-8,11,14H2,1-3H3/t15-,32+;15-,32-/m11/s1. The molecule has 2 heterocycles. The van der Waals surface area contributed by atoms with E-state index in [2.05, 4.69) is 26.0 Å². The quantitative estimate of drug-likeness (QED) is 0.0832. The van der Waals surface area contributed by atoms with Gasteiger partial charge in [0.2, 0.25) is 0 Å². The van der Waals surface area contributed by atoms with Gasteiger partial charge < -0.3 is 19.0 Å². The van der Waals surface area contributed by atoms with Crippen LogP contribution in [0.4, 0.5) is 0 Å². The summed E-state index contributed by atoms with van der Waals surface area (Å²) in [5, 5.41) is 39.4. The molecule has 0 spiro atoms. The second-order valence-corrected chi connectivity index (χ2v) is 23.7. The second-order valence-electron chi connectivity index (χ2n) is 19.6. The first-order chi connectivity index (χ1) is 30.0. The largest absolute Gasteiger partial charge is 0.454 e. The third kappa shape index (κ3) is 10.2. The lowest BCUT2D eigenvalue weighted by Crippen LogP contribution is -2.19. The molecule has 2 aromatic carbocycles. The number of hydrogen-bond acceptors (Lipinski definition) is 12. The van der Waals surface area contributed by atoms with Crippen LogP contribution in [-0.4, -0.2) is 41.7 Å². The molecule has 0 saturated heterocycles. The fourth-order valence-electron chi connectivity index (χ4n) is 9.60. The highest BCUT2D eigenvalue weighted by atomic mass is 32.2. The zero-order valence-corrected chi connectivity index (χ0v) is 39.4. The van der Waals surface area contributed by atoms with Crippen molar-refractivity contribution < 1.29 is 37.1 Å². The predicted octanol–water partition coefficient (Wildman–Crippen LogP) is 9.20. The molecular weight excluding hydrogens is 849 g/mol. The smallest absolute Gasteiger partial charge is 0.199 e.